The molecule has 0 saturated heterocycles. The molecule has 0 N–H and O–H groups in total. The molecular formula is C6H15AlO. The van der Waals surface area contributed by atoms with E-state index < -0.39 is 0 Å². The van der Waals surface area contributed by atoms with Crippen molar-refractivity contribution < 1.29 is 5.11 Å². The monoisotopic (exact) mass is 130 g/mol. The maximum Gasteiger partial charge on any atom is 3.00 e. The van der Waals surface area contributed by atoms with Gasteiger partial charge in [0.15, 0.2) is 0 Å². The first-order valence-electron chi connectivity index (χ1n) is 2.41. The van der Waals surface area contributed by atoms with Crippen LogP contribution in [0.25, 0.3) is 0 Å². The average molecular weight is 130 g/mol. The van der Waals surface area contributed by atoms with E-state index >= 15 is 0 Å². The average Bonchev–Trinajstić information content (AvgIpc) is 1.78. The summed E-state index contributed by atoms with van der Waals surface area (Å²) in [5.74, 6) is 0. The number of hydrogen-bond acceptors (Lipinski definition) is 1. The molecule has 0 heterocycles. The van der Waals surface area contributed by atoms with Gasteiger partial charge in [0.25, 0.3) is 0 Å². The van der Waals surface area contributed by atoms with Gasteiger partial charge in [0.2, 0.25) is 0 Å². The zero-order chi connectivity index (χ0) is 6.71. The van der Waals surface area contributed by atoms with Crippen LogP contribution in [0.2, 0.25) is 0 Å². The molecule has 48 valence electrons. The van der Waals surface area contributed by atoms with E-state index in [0.29, 0.717) is 0 Å². The molecule has 0 spiro atoms. The second-order valence-electron chi connectivity index (χ2n) is 0.289. The summed E-state index contributed by atoms with van der Waals surface area (Å²) >= 11 is 0. The van der Waals surface area contributed by atoms with E-state index in [4.69, 9.17) is 5.11 Å². The van der Waals surface area contributed by atoms with Crippen LogP contribution in [0.1, 0.15) is 20.8 Å². The molecule has 0 bridgehead atoms. The molecule has 0 saturated carbocycles. The summed E-state index contributed by atoms with van der Waals surface area (Å²) in [5.41, 5.74) is 0. The first-order chi connectivity index (χ1) is 3.41. The van der Waals surface area contributed by atoms with Crippen LogP contribution in [0.5, 0.6) is 0 Å². The van der Waals surface area contributed by atoms with E-state index in [-0.39, 0.29) is 24.0 Å². The first-order valence-corrected chi connectivity index (χ1v) is 2.41. The third kappa shape index (κ3) is 808. The van der Waals surface area contributed by atoms with Gasteiger partial charge in [-0.3, -0.25) is 0 Å². The Labute approximate surface area is 64.2 Å². The molecule has 0 atom stereocenters. The maximum atomic E-state index is 8.93. The normalized spacial score (nSPS) is 3.75. The fraction of sp³-hybridized carbons (Fsp3) is 0.667. The minimum atomic E-state index is 0. The molecule has 0 rings (SSSR count). The molecule has 1 nitrogen and oxygen atoms in total. The zero-order valence-electron chi connectivity index (χ0n) is 6.11. The molecule has 2 heteroatoms. The minimum absolute atomic E-state index is 0. The summed E-state index contributed by atoms with van der Waals surface area (Å²) in [4.78, 5) is 0. The van der Waals surface area contributed by atoms with Crippen molar-refractivity contribution in [3.05, 3.63) is 13.8 Å². The van der Waals surface area contributed by atoms with E-state index in [1.54, 1.807) is 20.8 Å². The predicted molar refractivity (Wildman–Crippen MR) is 38.4 cm³/mol. The Kier molecular flexibility index (Phi) is 419. The van der Waals surface area contributed by atoms with Crippen molar-refractivity contribution in [1.82, 2.24) is 0 Å². The molecule has 0 aliphatic carbocycles. The summed E-state index contributed by atoms with van der Waals surface area (Å²) in [6.45, 7) is 11.6. The predicted octanol–water partition coefficient (Wildman–Crippen LogP) is 0.667. The van der Waals surface area contributed by atoms with Crippen LogP contribution >= 0.6 is 0 Å². The van der Waals surface area contributed by atoms with Crippen molar-refractivity contribution >= 4 is 17.4 Å². The molecule has 0 amide bonds. The Morgan fingerprint density at radius 1 is 1.12 bits per heavy atom. The van der Waals surface area contributed by atoms with Crippen molar-refractivity contribution in [2.75, 3.05) is 6.61 Å². The third-order valence-corrected chi connectivity index (χ3v) is 0. The van der Waals surface area contributed by atoms with Crippen molar-refractivity contribution in [3.63, 3.8) is 0 Å². The van der Waals surface area contributed by atoms with Crippen LogP contribution < -0.4 is 5.11 Å². The van der Waals surface area contributed by atoms with Crippen LogP contribution in [0.15, 0.2) is 0 Å². The zero-order valence-corrected chi connectivity index (χ0v) is 7.26. The molecular weight excluding hydrogens is 115 g/mol. The van der Waals surface area contributed by atoms with Gasteiger partial charge >= 0.3 is 17.4 Å². The van der Waals surface area contributed by atoms with Gasteiger partial charge in [-0.2, -0.15) is 13.8 Å². The molecule has 0 aromatic carbocycles. The van der Waals surface area contributed by atoms with Gasteiger partial charge in [-0.05, 0) is 0 Å². The Morgan fingerprint density at radius 3 is 1.12 bits per heavy atom. The molecule has 8 heavy (non-hydrogen) atoms. The third-order valence-electron chi connectivity index (χ3n) is 0. The van der Waals surface area contributed by atoms with Crippen LogP contribution in [-0.2, 0) is 0 Å². The second-order valence-corrected chi connectivity index (χ2v) is 0.289. The van der Waals surface area contributed by atoms with Crippen LogP contribution in [-0.4, -0.2) is 24.0 Å². The Hall–Kier alpha value is 0.492. The van der Waals surface area contributed by atoms with Crippen LogP contribution in [0.3, 0.4) is 0 Å². The van der Waals surface area contributed by atoms with E-state index in [9.17, 15) is 0 Å². The molecule has 0 radical (unpaired) electrons. The molecule has 0 fully saturated rings. The fourth-order valence-electron chi connectivity index (χ4n) is 0. The minimum Gasteiger partial charge on any atom is -0.855 e. The summed E-state index contributed by atoms with van der Waals surface area (Å²) in [6, 6.07) is 0. The van der Waals surface area contributed by atoms with Crippen molar-refractivity contribution in [2.45, 2.75) is 20.8 Å². The molecule has 0 unspecified atom stereocenters. The number of hydrogen-bond donors (Lipinski definition) is 0. The van der Waals surface area contributed by atoms with Crippen LogP contribution in [0.4, 0.5) is 0 Å². The van der Waals surface area contributed by atoms with Crippen molar-refractivity contribution in [1.29, 1.82) is 0 Å². The molecule has 0 aliphatic rings. The van der Waals surface area contributed by atoms with Crippen molar-refractivity contribution in [3.8, 4) is 0 Å². The Morgan fingerprint density at radius 2 is 1.12 bits per heavy atom. The molecule has 0 aromatic heterocycles. The summed E-state index contributed by atoms with van der Waals surface area (Å²) in [7, 11) is 0. The molecule has 0 aromatic rings. The maximum absolute atomic E-state index is 8.93. The molecule has 0 aliphatic heterocycles. The van der Waals surface area contributed by atoms with E-state index in [1.165, 1.54) is 0 Å². The number of rotatable bonds is 0. The van der Waals surface area contributed by atoms with Gasteiger partial charge in [-0.1, -0.05) is 6.92 Å². The van der Waals surface area contributed by atoms with Gasteiger partial charge in [0, 0.05) is 0 Å². The Balaban J connectivity index is -0.0000000147. The van der Waals surface area contributed by atoms with E-state index in [1.807, 2.05) is 0 Å². The first kappa shape index (κ1) is 23.6. The van der Waals surface area contributed by atoms with Gasteiger partial charge in [0.05, 0.1) is 0 Å². The van der Waals surface area contributed by atoms with Gasteiger partial charge in [-0.15, -0.1) is 6.61 Å². The fourth-order valence-corrected chi connectivity index (χ4v) is 0. The van der Waals surface area contributed by atoms with Gasteiger partial charge in [-0.25, -0.2) is 0 Å². The Bertz CT molecular complexity index is 8.49. The van der Waals surface area contributed by atoms with E-state index in [0.717, 1.165) is 0 Å². The topological polar surface area (TPSA) is 23.1 Å². The smallest absolute Gasteiger partial charge is 0.855 e. The summed E-state index contributed by atoms with van der Waals surface area (Å²) in [6.07, 6.45) is 0. The van der Waals surface area contributed by atoms with E-state index in [2.05, 4.69) is 13.8 Å². The standard InChI is InChI=1S/C2H5O.2C2H5.Al/c1-2-3;2*1-2;/h2H2,1H3;2*1H2,2H3;/q3*-1;+3. The van der Waals surface area contributed by atoms with Crippen molar-refractivity contribution in [2.24, 2.45) is 0 Å². The van der Waals surface area contributed by atoms with Crippen LogP contribution in [0, 0.1) is 13.8 Å². The quantitative estimate of drug-likeness (QED) is 0.349. The largest absolute Gasteiger partial charge is 3.00 e. The summed E-state index contributed by atoms with van der Waals surface area (Å²) in [5, 5.41) is 8.93. The van der Waals surface area contributed by atoms with Gasteiger partial charge < -0.3 is 19.0 Å². The summed E-state index contributed by atoms with van der Waals surface area (Å²) < 4.78 is 0. The second kappa shape index (κ2) is 142. The van der Waals surface area contributed by atoms with Gasteiger partial charge in [0.1, 0.15) is 0 Å². The SMILES string of the molecule is CC[O-].[Al+3].[CH2-]C.[CH2-]C.